The van der Waals surface area contributed by atoms with Gasteiger partial charge in [0.1, 0.15) is 5.75 Å². The van der Waals surface area contributed by atoms with Crippen LogP contribution in [0.4, 0.5) is 11.4 Å². The monoisotopic (exact) mass is 294 g/mol. The first-order valence-electron chi connectivity index (χ1n) is 7.60. The number of carbonyl (C=O) groups is 1. The number of rotatable bonds is 1. The Morgan fingerprint density at radius 1 is 1.18 bits per heavy atom. The van der Waals surface area contributed by atoms with E-state index >= 15 is 0 Å². The summed E-state index contributed by atoms with van der Waals surface area (Å²) < 4.78 is 5.53. The van der Waals surface area contributed by atoms with Crippen molar-refractivity contribution < 1.29 is 9.53 Å². The van der Waals surface area contributed by atoms with Gasteiger partial charge < -0.3 is 15.0 Å². The molecule has 0 fully saturated rings. The normalized spacial score (nSPS) is 16.4. The third-order valence-electron chi connectivity index (χ3n) is 4.38. The van der Waals surface area contributed by atoms with Gasteiger partial charge in [-0.1, -0.05) is 24.3 Å². The summed E-state index contributed by atoms with van der Waals surface area (Å²) in [6.07, 6.45) is 1.05. The van der Waals surface area contributed by atoms with E-state index in [-0.39, 0.29) is 12.5 Å². The molecular formula is C18H18N2O2. The third kappa shape index (κ3) is 2.21. The molecule has 0 aliphatic carbocycles. The minimum atomic E-state index is -0.0898. The maximum Gasteiger partial charge on any atom is 0.262 e. The molecule has 2 heterocycles. The van der Waals surface area contributed by atoms with Crippen molar-refractivity contribution in [2.75, 3.05) is 23.4 Å². The molecule has 0 saturated heterocycles. The summed E-state index contributed by atoms with van der Waals surface area (Å²) in [5.74, 6) is 0.703. The second kappa shape index (κ2) is 5.05. The van der Waals surface area contributed by atoms with E-state index in [9.17, 15) is 4.79 Å². The zero-order valence-corrected chi connectivity index (χ0v) is 12.6. The molecule has 0 radical (unpaired) electrons. The number of benzene rings is 2. The van der Waals surface area contributed by atoms with Crippen LogP contribution >= 0.6 is 0 Å². The Morgan fingerprint density at radius 3 is 2.86 bits per heavy atom. The van der Waals surface area contributed by atoms with Crippen LogP contribution in [-0.2, 0) is 17.8 Å². The topological polar surface area (TPSA) is 41.6 Å². The van der Waals surface area contributed by atoms with E-state index in [4.69, 9.17) is 4.74 Å². The van der Waals surface area contributed by atoms with Gasteiger partial charge in [-0.2, -0.15) is 0 Å². The van der Waals surface area contributed by atoms with Gasteiger partial charge in [0.25, 0.3) is 5.91 Å². The average Bonchev–Trinajstić information content (AvgIpc) is 2.54. The summed E-state index contributed by atoms with van der Waals surface area (Å²) in [6.45, 7) is 4.02. The minimum Gasteiger partial charge on any atom is -0.481 e. The number of nitrogens with one attached hydrogen (secondary N) is 1. The van der Waals surface area contributed by atoms with Gasteiger partial charge in [-0.25, -0.2) is 0 Å². The van der Waals surface area contributed by atoms with Crippen LogP contribution in [-0.4, -0.2) is 19.1 Å². The summed E-state index contributed by atoms with van der Waals surface area (Å²) in [6, 6.07) is 12.8. The quantitative estimate of drug-likeness (QED) is 0.879. The fourth-order valence-electron chi connectivity index (χ4n) is 3.26. The first-order chi connectivity index (χ1) is 10.7. The number of hydrogen-bond acceptors (Lipinski definition) is 3. The van der Waals surface area contributed by atoms with Gasteiger partial charge in [0.05, 0.1) is 5.69 Å². The summed E-state index contributed by atoms with van der Waals surface area (Å²) >= 11 is 0. The summed E-state index contributed by atoms with van der Waals surface area (Å²) in [7, 11) is 0. The van der Waals surface area contributed by atoms with Crippen molar-refractivity contribution in [3.63, 3.8) is 0 Å². The number of carbonyl (C=O) groups excluding carboxylic acids is 1. The van der Waals surface area contributed by atoms with Gasteiger partial charge in [-0.05, 0) is 42.2 Å². The van der Waals surface area contributed by atoms with Gasteiger partial charge in [0.15, 0.2) is 6.61 Å². The molecule has 0 atom stereocenters. The lowest BCUT2D eigenvalue weighted by Gasteiger charge is -2.32. The van der Waals surface area contributed by atoms with Crippen LogP contribution in [0.1, 0.15) is 16.7 Å². The van der Waals surface area contributed by atoms with Crippen LogP contribution in [0.15, 0.2) is 36.4 Å². The molecule has 0 bridgehead atoms. The van der Waals surface area contributed by atoms with Gasteiger partial charge in [-0.15, -0.1) is 0 Å². The van der Waals surface area contributed by atoms with Gasteiger partial charge in [0, 0.05) is 18.8 Å². The van der Waals surface area contributed by atoms with E-state index in [1.165, 1.54) is 11.1 Å². The second-order valence-corrected chi connectivity index (χ2v) is 5.92. The molecule has 0 spiro atoms. The predicted molar refractivity (Wildman–Crippen MR) is 86.5 cm³/mol. The molecule has 0 saturated carbocycles. The smallest absolute Gasteiger partial charge is 0.262 e. The lowest BCUT2D eigenvalue weighted by atomic mass is 9.99. The van der Waals surface area contributed by atoms with Crippen LogP contribution < -0.4 is 15.0 Å². The van der Waals surface area contributed by atoms with E-state index < -0.39 is 0 Å². The third-order valence-corrected chi connectivity index (χ3v) is 4.38. The van der Waals surface area contributed by atoms with Crippen molar-refractivity contribution in [2.24, 2.45) is 0 Å². The molecule has 112 valence electrons. The van der Waals surface area contributed by atoms with Crippen LogP contribution in [0.5, 0.6) is 5.75 Å². The molecule has 1 amide bonds. The predicted octanol–water partition coefficient (Wildman–Crippen LogP) is 2.89. The highest BCUT2D eigenvalue weighted by atomic mass is 16.5. The molecule has 4 heteroatoms. The highest BCUT2D eigenvalue weighted by Crippen LogP contribution is 2.37. The zero-order valence-electron chi connectivity index (χ0n) is 12.6. The Morgan fingerprint density at radius 2 is 2.00 bits per heavy atom. The second-order valence-electron chi connectivity index (χ2n) is 5.92. The van der Waals surface area contributed by atoms with Crippen molar-refractivity contribution in [3.8, 4) is 5.75 Å². The molecular weight excluding hydrogens is 276 g/mol. The zero-order chi connectivity index (χ0) is 15.1. The number of ether oxygens (including phenoxy) is 1. The molecule has 2 aromatic rings. The first kappa shape index (κ1) is 13.2. The van der Waals surface area contributed by atoms with Crippen LogP contribution in [0, 0.1) is 6.92 Å². The molecule has 22 heavy (non-hydrogen) atoms. The molecule has 4 nitrogen and oxygen atoms in total. The van der Waals surface area contributed by atoms with E-state index in [1.54, 1.807) is 0 Å². The number of amides is 1. The minimum absolute atomic E-state index is 0.0898. The molecule has 1 N–H and O–H groups in total. The lowest BCUT2D eigenvalue weighted by molar-refractivity contribution is -0.118. The maximum absolute atomic E-state index is 11.5. The van der Waals surface area contributed by atoms with Crippen molar-refractivity contribution >= 4 is 17.3 Å². The maximum atomic E-state index is 11.5. The van der Waals surface area contributed by atoms with E-state index in [0.717, 1.165) is 42.2 Å². The summed E-state index contributed by atoms with van der Waals surface area (Å²) in [5.41, 5.74) is 5.79. The van der Waals surface area contributed by atoms with Crippen LogP contribution in [0.2, 0.25) is 0 Å². The molecule has 2 aliphatic rings. The molecule has 2 aliphatic heterocycles. The SMILES string of the molecule is Cc1cc(N2CCc3ccccc3C2)cc2c1OCC(=O)N2. The average molecular weight is 294 g/mol. The van der Waals surface area contributed by atoms with Gasteiger partial charge >= 0.3 is 0 Å². The number of aryl methyl sites for hydroxylation is 1. The van der Waals surface area contributed by atoms with Crippen molar-refractivity contribution in [3.05, 3.63) is 53.1 Å². The van der Waals surface area contributed by atoms with E-state index in [2.05, 4.69) is 40.5 Å². The molecule has 4 rings (SSSR count). The number of nitrogens with zero attached hydrogens (tertiary/aromatic N) is 1. The fraction of sp³-hybridized carbons (Fsp3) is 0.278. The molecule has 0 aromatic heterocycles. The number of fused-ring (bicyclic) bond motifs is 2. The lowest BCUT2D eigenvalue weighted by Crippen LogP contribution is -2.31. The largest absolute Gasteiger partial charge is 0.481 e. The Balaban J connectivity index is 1.68. The van der Waals surface area contributed by atoms with E-state index in [1.807, 2.05) is 13.0 Å². The van der Waals surface area contributed by atoms with Crippen LogP contribution in [0.3, 0.4) is 0 Å². The number of anilines is 2. The Kier molecular flexibility index (Phi) is 3.03. The van der Waals surface area contributed by atoms with Gasteiger partial charge in [-0.3, -0.25) is 4.79 Å². The van der Waals surface area contributed by atoms with Crippen LogP contribution in [0.25, 0.3) is 0 Å². The highest BCUT2D eigenvalue weighted by molar-refractivity contribution is 5.96. The molecule has 0 unspecified atom stereocenters. The first-order valence-corrected chi connectivity index (χ1v) is 7.60. The fourth-order valence-corrected chi connectivity index (χ4v) is 3.26. The van der Waals surface area contributed by atoms with E-state index in [0.29, 0.717) is 0 Å². The molecule has 2 aromatic carbocycles. The van der Waals surface area contributed by atoms with Crippen molar-refractivity contribution in [1.29, 1.82) is 0 Å². The summed E-state index contributed by atoms with van der Waals surface area (Å²) in [5, 5.41) is 2.91. The van der Waals surface area contributed by atoms with Crippen molar-refractivity contribution in [2.45, 2.75) is 19.9 Å². The number of hydrogen-bond donors (Lipinski definition) is 1. The Labute approximate surface area is 129 Å². The Bertz CT molecular complexity index is 755. The standard InChI is InChI=1S/C18H18N2O2/c1-12-8-15(9-16-18(12)22-11-17(21)19-16)20-7-6-13-4-2-3-5-14(13)10-20/h2-5,8-9H,6-7,10-11H2,1H3,(H,19,21). The van der Waals surface area contributed by atoms with Crippen molar-refractivity contribution in [1.82, 2.24) is 0 Å². The Hall–Kier alpha value is -2.49. The summed E-state index contributed by atoms with van der Waals surface area (Å²) in [4.78, 5) is 13.9. The van der Waals surface area contributed by atoms with Gasteiger partial charge in [0.2, 0.25) is 0 Å². The highest BCUT2D eigenvalue weighted by Gasteiger charge is 2.22.